The molecule has 25 heavy (non-hydrogen) atoms. The molecule has 0 aliphatic carbocycles. The smallest absolute Gasteiger partial charge is 0.338 e. The molecule has 0 heterocycles. The summed E-state index contributed by atoms with van der Waals surface area (Å²) in [5, 5.41) is 11.4. The highest BCUT2D eigenvalue weighted by molar-refractivity contribution is 6.00. The fraction of sp³-hybridized carbons (Fsp3) is 0.0556. The van der Waals surface area contributed by atoms with Gasteiger partial charge in [0.05, 0.1) is 11.1 Å². The summed E-state index contributed by atoms with van der Waals surface area (Å²) < 4.78 is 5.00. The van der Waals surface area contributed by atoms with E-state index in [9.17, 15) is 14.4 Å². The Morgan fingerprint density at radius 2 is 1.80 bits per heavy atom. The highest BCUT2D eigenvalue weighted by Crippen LogP contribution is 2.11. The Bertz CT molecular complexity index is 830. The highest BCUT2D eigenvalue weighted by atomic mass is 16.5. The first-order valence-electron chi connectivity index (χ1n) is 7.29. The maximum absolute atomic E-state index is 11.8. The van der Waals surface area contributed by atoms with Crippen LogP contribution in [0.2, 0.25) is 0 Å². The minimum absolute atomic E-state index is 0.0674. The first-order valence-corrected chi connectivity index (χ1v) is 7.29. The number of nitrogens with two attached hydrogens (primary N) is 1. The van der Waals surface area contributed by atoms with Gasteiger partial charge in [-0.05, 0) is 42.5 Å². The third-order valence-corrected chi connectivity index (χ3v) is 3.08. The lowest BCUT2D eigenvalue weighted by molar-refractivity contribution is -0.112. The van der Waals surface area contributed by atoms with Crippen LogP contribution in [0.3, 0.4) is 0 Å². The maximum atomic E-state index is 11.8. The third-order valence-electron chi connectivity index (χ3n) is 3.08. The number of carbonyl (C=O) groups is 3. The monoisotopic (exact) mass is 340 g/mol. The SMILES string of the molecule is Nc1cccc(C(=O)OCC=CC(=O)Nc2cccc(C(=O)O)c2)c1. The summed E-state index contributed by atoms with van der Waals surface area (Å²) in [6, 6.07) is 12.2. The Kier molecular flexibility index (Phi) is 5.89. The number of carbonyl (C=O) groups excluding carboxylic acids is 2. The van der Waals surface area contributed by atoms with E-state index in [4.69, 9.17) is 15.6 Å². The Morgan fingerprint density at radius 1 is 1.08 bits per heavy atom. The van der Waals surface area contributed by atoms with Gasteiger partial charge in [0, 0.05) is 17.5 Å². The summed E-state index contributed by atoms with van der Waals surface area (Å²) >= 11 is 0. The van der Waals surface area contributed by atoms with E-state index >= 15 is 0 Å². The highest BCUT2D eigenvalue weighted by Gasteiger charge is 2.06. The molecule has 0 aromatic heterocycles. The van der Waals surface area contributed by atoms with Gasteiger partial charge in [0.2, 0.25) is 5.91 Å². The van der Waals surface area contributed by atoms with Crippen molar-refractivity contribution in [3.63, 3.8) is 0 Å². The van der Waals surface area contributed by atoms with E-state index < -0.39 is 17.8 Å². The zero-order valence-electron chi connectivity index (χ0n) is 13.1. The van der Waals surface area contributed by atoms with Gasteiger partial charge in [0.15, 0.2) is 0 Å². The fourth-order valence-corrected chi connectivity index (χ4v) is 1.94. The molecule has 2 aromatic carbocycles. The number of esters is 1. The summed E-state index contributed by atoms with van der Waals surface area (Å²) in [5.74, 6) is -2.10. The molecule has 4 N–H and O–H groups in total. The third kappa shape index (κ3) is 5.51. The fourth-order valence-electron chi connectivity index (χ4n) is 1.94. The molecule has 0 bridgehead atoms. The zero-order valence-corrected chi connectivity index (χ0v) is 13.1. The average molecular weight is 340 g/mol. The van der Waals surface area contributed by atoms with E-state index in [2.05, 4.69) is 5.32 Å². The van der Waals surface area contributed by atoms with Crippen molar-refractivity contribution in [2.45, 2.75) is 0 Å². The molecule has 2 rings (SSSR count). The van der Waals surface area contributed by atoms with Crippen LogP contribution < -0.4 is 11.1 Å². The van der Waals surface area contributed by atoms with Crippen LogP contribution in [-0.4, -0.2) is 29.6 Å². The van der Waals surface area contributed by atoms with E-state index in [0.717, 1.165) is 0 Å². The summed E-state index contributed by atoms with van der Waals surface area (Å²) in [6.45, 7) is -0.0871. The second kappa shape index (κ2) is 8.30. The minimum atomic E-state index is -1.08. The number of ether oxygens (including phenoxy) is 1. The molecule has 0 saturated carbocycles. The van der Waals surface area contributed by atoms with Crippen LogP contribution in [-0.2, 0) is 9.53 Å². The lowest BCUT2D eigenvalue weighted by Crippen LogP contribution is -2.10. The molecule has 2 aromatic rings. The van der Waals surface area contributed by atoms with E-state index in [0.29, 0.717) is 16.9 Å². The van der Waals surface area contributed by atoms with Gasteiger partial charge in [0.1, 0.15) is 6.61 Å². The predicted octanol–water partition coefficient (Wildman–Crippen LogP) is 2.32. The molecule has 0 spiro atoms. The van der Waals surface area contributed by atoms with Gasteiger partial charge < -0.3 is 20.9 Å². The van der Waals surface area contributed by atoms with Crippen LogP contribution in [0.25, 0.3) is 0 Å². The van der Waals surface area contributed by atoms with Crippen LogP contribution in [0.4, 0.5) is 11.4 Å². The van der Waals surface area contributed by atoms with Crippen molar-refractivity contribution < 1.29 is 24.2 Å². The Labute approximate surface area is 143 Å². The molecule has 0 aliphatic heterocycles. The first kappa shape index (κ1) is 17.7. The van der Waals surface area contributed by atoms with Crippen molar-refractivity contribution in [1.82, 2.24) is 0 Å². The number of nitrogens with one attached hydrogen (secondary N) is 1. The molecule has 0 fully saturated rings. The second-order valence-electron chi connectivity index (χ2n) is 5.00. The van der Waals surface area contributed by atoms with Gasteiger partial charge in [-0.25, -0.2) is 9.59 Å². The van der Waals surface area contributed by atoms with E-state index in [1.807, 2.05) is 0 Å². The van der Waals surface area contributed by atoms with Gasteiger partial charge in [0.25, 0.3) is 0 Å². The van der Waals surface area contributed by atoms with Crippen molar-refractivity contribution >= 4 is 29.2 Å². The molecule has 0 saturated heterocycles. The Balaban J connectivity index is 1.83. The zero-order chi connectivity index (χ0) is 18.2. The minimum Gasteiger partial charge on any atom is -0.478 e. The number of amides is 1. The van der Waals surface area contributed by atoms with E-state index in [1.54, 1.807) is 24.3 Å². The number of carboxylic acid groups (broad SMARTS) is 1. The molecule has 0 atom stereocenters. The normalized spacial score (nSPS) is 10.4. The number of nitrogen functional groups attached to an aromatic ring is 1. The van der Waals surface area contributed by atoms with Gasteiger partial charge in [-0.3, -0.25) is 4.79 Å². The average Bonchev–Trinajstić information content (AvgIpc) is 2.58. The van der Waals surface area contributed by atoms with E-state index in [-0.39, 0.29) is 12.2 Å². The topological polar surface area (TPSA) is 119 Å². The number of hydrogen-bond donors (Lipinski definition) is 3. The van der Waals surface area contributed by atoms with Crippen molar-refractivity contribution in [2.75, 3.05) is 17.7 Å². The number of hydrogen-bond acceptors (Lipinski definition) is 5. The number of anilines is 2. The van der Waals surface area contributed by atoms with Crippen molar-refractivity contribution in [1.29, 1.82) is 0 Å². The lowest BCUT2D eigenvalue weighted by atomic mass is 10.2. The number of aromatic carboxylic acids is 1. The molecule has 0 radical (unpaired) electrons. The molecule has 7 nitrogen and oxygen atoms in total. The summed E-state index contributed by atoms with van der Waals surface area (Å²) in [4.78, 5) is 34.4. The maximum Gasteiger partial charge on any atom is 0.338 e. The molecule has 128 valence electrons. The molecule has 1 amide bonds. The van der Waals surface area contributed by atoms with Crippen LogP contribution in [0.5, 0.6) is 0 Å². The molecule has 0 aliphatic rings. The van der Waals surface area contributed by atoms with E-state index in [1.165, 1.54) is 36.4 Å². The second-order valence-corrected chi connectivity index (χ2v) is 5.00. The Hall–Kier alpha value is -3.61. The van der Waals surface area contributed by atoms with Gasteiger partial charge in [-0.15, -0.1) is 0 Å². The molecule has 7 heteroatoms. The molecule has 0 unspecified atom stereocenters. The van der Waals surface area contributed by atoms with Gasteiger partial charge >= 0.3 is 11.9 Å². The van der Waals surface area contributed by atoms with Crippen molar-refractivity contribution in [3.8, 4) is 0 Å². The lowest BCUT2D eigenvalue weighted by Gasteiger charge is -2.04. The van der Waals surface area contributed by atoms with Crippen molar-refractivity contribution in [3.05, 3.63) is 71.8 Å². The number of carboxylic acids is 1. The Morgan fingerprint density at radius 3 is 2.52 bits per heavy atom. The molecular formula is C18H16N2O5. The summed E-state index contributed by atoms with van der Waals surface area (Å²) in [5.41, 5.74) is 6.78. The van der Waals surface area contributed by atoms with Crippen molar-refractivity contribution in [2.24, 2.45) is 0 Å². The quantitative estimate of drug-likeness (QED) is 0.422. The number of benzene rings is 2. The van der Waals surface area contributed by atoms with Crippen LogP contribution >= 0.6 is 0 Å². The summed E-state index contributed by atoms with van der Waals surface area (Å²) in [6.07, 6.45) is 2.57. The van der Waals surface area contributed by atoms with Gasteiger partial charge in [-0.1, -0.05) is 12.1 Å². The van der Waals surface area contributed by atoms with Crippen LogP contribution in [0.15, 0.2) is 60.7 Å². The largest absolute Gasteiger partial charge is 0.478 e. The first-order chi connectivity index (χ1) is 12.0. The number of rotatable bonds is 6. The molecular weight excluding hydrogens is 324 g/mol. The van der Waals surface area contributed by atoms with Crippen LogP contribution in [0, 0.1) is 0 Å². The summed E-state index contributed by atoms with van der Waals surface area (Å²) in [7, 11) is 0. The predicted molar refractivity (Wildman–Crippen MR) is 92.3 cm³/mol. The van der Waals surface area contributed by atoms with Crippen LogP contribution in [0.1, 0.15) is 20.7 Å². The van der Waals surface area contributed by atoms with Gasteiger partial charge in [-0.2, -0.15) is 0 Å². The standard InChI is InChI=1S/C18H16N2O5/c19-14-6-1-5-13(10-14)18(24)25-9-3-8-16(21)20-15-7-2-4-12(11-15)17(22)23/h1-8,10-11H,9,19H2,(H,20,21)(H,22,23).